The second kappa shape index (κ2) is 13.2. The molecule has 10 aromatic rings. The van der Waals surface area contributed by atoms with Crippen LogP contribution in [0.15, 0.2) is 162 Å². The second-order valence-electron chi connectivity index (χ2n) is 15.7. The van der Waals surface area contributed by atoms with Crippen molar-refractivity contribution in [2.24, 2.45) is 0 Å². The van der Waals surface area contributed by atoms with Gasteiger partial charge in [-0.2, -0.15) is 0 Å². The van der Waals surface area contributed by atoms with Crippen LogP contribution < -0.4 is 27.3 Å². The molecular formula is C52H26B5N3O. The first-order valence-corrected chi connectivity index (χ1v) is 20.1. The molecule has 61 heavy (non-hydrogen) atoms. The highest BCUT2D eigenvalue weighted by molar-refractivity contribution is 6.68. The van der Waals surface area contributed by atoms with Crippen LogP contribution in [0.5, 0.6) is 0 Å². The topological polar surface area (TPSA) is 51.8 Å². The van der Waals surface area contributed by atoms with E-state index < -0.39 is 5.41 Å². The lowest BCUT2D eigenvalue weighted by atomic mass is 9.60. The van der Waals surface area contributed by atoms with Gasteiger partial charge in [-0.3, -0.25) is 0 Å². The number of rotatable bonds is 3. The summed E-state index contributed by atoms with van der Waals surface area (Å²) in [5, 5.41) is 1.80. The molecule has 12 rings (SSSR count). The van der Waals surface area contributed by atoms with Crippen LogP contribution in [0.2, 0.25) is 0 Å². The largest absolute Gasteiger partial charge is 0.456 e. The Labute approximate surface area is 359 Å². The Morgan fingerprint density at radius 2 is 0.820 bits per heavy atom. The van der Waals surface area contributed by atoms with Crippen LogP contribution in [0.25, 0.3) is 89.5 Å². The summed E-state index contributed by atoms with van der Waals surface area (Å²) in [4.78, 5) is 15.5. The van der Waals surface area contributed by atoms with Crippen LogP contribution in [-0.2, 0) is 5.41 Å². The number of benzene rings is 8. The van der Waals surface area contributed by atoms with Gasteiger partial charge in [0.25, 0.3) is 0 Å². The normalized spacial score (nSPS) is 13.0. The predicted octanol–water partition coefficient (Wildman–Crippen LogP) is 6.75. The van der Waals surface area contributed by atoms with E-state index in [1.165, 1.54) is 38.9 Å². The van der Waals surface area contributed by atoms with Crippen molar-refractivity contribution in [1.29, 1.82) is 0 Å². The first kappa shape index (κ1) is 35.8. The summed E-state index contributed by atoms with van der Waals surface area (Å²) in [6, 6.07) is 55.3. The van der Waals surface area contributed by atoms with Gasteiger partial charge in [-0.25, -0.2) is 15.0 Å². The number of nitrogens with zero attached hydrogens (tertiary/aromatic N) is 3. The molecule has 0 N–H and O–H groups in total. The summed E-state index contributed by atoms with van der Waals surface area (Å²) in [5.74, 6) is 0.998. The molecule has 2 aliphatic carbocycles. The van der Waals surface area contributed by atoms with Gasteiger partial charge in [0.2, 0.25) is 0 Å². The third kappa shape index (κ3) is 4.92. The molecule has 0 saturated heterocycles. The molecule has 0 amide bonds. The maximum atomic E-state index is 6.72. The van der Waals surface area contributed by atoms with E-state index in [0.717, 1.165) is 44.2 Å². The van der Waals surface area contributed by atoms with Crippen molar-refractivity contribution in [3.8, 4) is 67.5 Å². The predicted molar refractivity (Wildman–Crippen MR) is 252 cm³/mol. The van der Waals surface area contributed by atoms with Crippen molar-refractivity contribution in [2.45, 2.75) is 5.41 Å². The van der Waals surface area contributed by atoms with Crippen LogP contribution >= 0.6 is 0 Å². The van der Waals surface area contributed by atoms with E-state index in [4.69, 9.17) is 58.6 Å². The highest BCUT2D eigenvalue weighted by Gasteiger charge is 2.49. The Morgan fingerprint density at radius 1 is 0.361 bits per heavy atom. The minimum absolute atomic E-state index is 0.107. The lowest BCUT2D eigenvalue weighted by Gasteiger charge is -2.35. The van der Waals surface area contributed by atoms with Gasteiger partial charge in [0.15, 0.2) is 17.5 Å². The highest BCUT2D eigenvalue weighted by atomic mass is 16.3. The number of aromatic nitrogens is 3. The van der Waals surface area contributed by atoms with Gasteiger partial charge in [-0.1, -0.05) is 150 Å². The molecule has 270 valence electrons. The van der Waals surface area contributed by atoms with Crippen molar-refractivity contribution in [1.82, 2.24) is 15.0 Å². The summed E-state index contributed by atoms with van der Waals surface area (Å²) < 4.78 is 6.31. The van der Waals surface area contributed by atoms with Gasteiger partial charge in [-0.05, 0) is 73.8 Å². The molecule has 1 spiro atoms. The zero-order valence-electron chi connectivity index (χ0n) is 32.6. The van der Waals surface area contributed by atoms with Crippen molar-refractivity contribution in [3.05, 3.63) is 180 Å². The fourth-order valence-electron chi connectivity index (χ4n) is 9.98. The van der Waals surface area contributed by atoms with Gasteiger partial charge in [0, 0.05) is 27.5 Å². The highest BCUT2D eigenvalue weighted by Crippen LogP contribution is 2.61. The summed E-state index contributed by atoms with van der Waals surface area (Å²) >= 11 is 0. The lowest BCUT2D eigenvalue weighted by Crippen LogP contribution is -2.55. The lowest BCUT2D eigenvalue weighted by molar-refractivity contribution is 0.669. The second-order valence-corrected chi connectivity index (χ2v) is 15.7. The van der Waals surface area contributed by atoms with Gasteiger partial charge >= 0.3 is 0 Å². The molecule has 0 saturated carbocycles. The molecule has 10 radical (unpaired) electrons. The van der Waals surface area contributed by atoms with Crippen LogP contribution in [0.4, 0.5) is 0 Å². The van der Waals surface area contributed by atoms with Crippen molar-refractivity contribution in [3.63, 3.8) is 0 Å². The molecule has 2 heterocycles. The molecule has 8 aromatic carbocycles. The van der Waals surface area contributed by atoms with E-state index >= 15 is 0 Å². The van der Waals surface area contributed by atoms with Crippen LogP contribution in [0, 0.1) is 0 Å². The van der Waals surface area contributed by atoms with E-state index in [1.54, 1.807) is 0 Å². The SMILES string of the molecule is [B]c1c([B])c([B])c(-c2nc(-c3ccc4c(c3)C3(c5ccccc5-c5ccccc5-4)c4ccccc4-c4ccccc43)nc(-c3cccc4oc5ccccc5c34)n2)c([B])c1[B]. The Bertz CT molecular complexity index is 3450. The van der Waals surface area contributed by atoms with Crippen LogP contribution in [0.1, 0.15) is 22.3 Å². The molecular weight excluding hydrogens is 737 g/mol. The first-order valence-electron chi connectivity index (χ1n) is 20.1. The van der Waals surface area contributed by atoms with Gasteiger partial charge < -0.3 is 4.42 Å². The average Bonchev–Trinajstić information content (AvgIpc) is 3.81. The Kier molecular flexibility index (Phi) is 7.75. The Morgan fingerprint density at radius 3 is 1.46 bits per heavy atom. The number of hydrogen-bond donors (Lipinski definition) is 0. The number of furan rings is 1. The quantitative estimate of drug-likeness (QED) is 0.187. The van der Waals surface area contributed by atoms with E-state index in [-0.39, 0.29) is 38.7 Å². The molecule has 2 aromatic heterocycles. The molecule has 2 aliphatic rings. The monoisotopic (exact) mass is 763 g/mol. The fraction of sp³-hybridized carbons (Fsp3) is 0.0192. The average molecular weight is 763 g/mol. The molecule has 0 unspecified atom stereocenters. The molecule has 4 nitrogen and oxygen atoms in total. The van der Waals surface area contributed by atoms with Crippen LogP contribution in [0.3, 0.4) is 0 Å². The third-order valence-corrected chi connectivity index (χ3v) is 12.7. The summed E-state index contributed by atoms with van der Waals surface area (Å²) in [6.07, 6.45) is 0. The van der Waals surface area contributed by atoms with Gasteiger partial charge in [-0.15, -0.1) is 16.4 Å². The molecule has 0 atom stereocenters. The number of fused-ring (bicyclic) bond motifs is 15. The summed E-state index contributed by atoms with van der Waals surface area (Å²) in [5.41, 5.74) is 14.8. The summed E-state index contributed by atoms with van der Waals surface area (Å²) in [7, 11) is 32.6. The standard InChI is InChI=1S/C52H26B5N3O/c53-44-43(45(54)47(56)48(57)46(44)55)51-59-49(58-50(60-51)35-18-11-23-41-42(35)34-17-6-10-22-40(34)61-41)27-24-25-33-29-13-2-1-12-28(29)30-14-3-7-19-36(30)52(39(33)26-27)37-20-8-4-15-31(37)32-16-5-9-21-38(32)52/h1-26H. The zero-order chi connectivity index (χ0) is 41.1. The zero-order valence-corrected chi connectivity index (χ0v) is 32.6. The number of hydrogen-bond acceptors (Lipinski definition) is 4. The molecule has 0 bridgehead atoms. The maximum Gasteiger partial charge on any atom is 0.164 e. The molecule has 9 heteroatoms. The van der Waals surface area contributed by atoms with E-state index in [9.17, 15) is 0 Å². The number of para-hydroxylation sites is 1. The first-order chi connectivity index (χ1) is 29.8. The minimum Gasteiger partial charge on any atom is -0.456 e. The van der Waals surface area contributed by atoms with Crippen LogP contribution in [-0.4, -0.2) is 54.2 Å². The maximum absolute atomic E-state index is 6.72. The van der Waals surface area contributed by atoms with Crippen molar-refractivity contribution in [2.75, 3.05) is 0 Å². The molecule has 0 fully saturated rings. The van der Waals surface area contributed by atoms with Crippen molar-refractivity contribution < 1.29 is 4.42 Å². The fourth-order valence-corrected chi connectivity index (χ4v) is 9.98. The van der Waals surface area contributed by atoms with Gasteiger partial charge in [0.1, 0.15) is 50.4 Å². The third-order valence-electron chi connectivity index (χ3n) is 12.7. The van der Waals surface area contributed by atoms with E-state index in [0.29, 0.717) is 17.2 Å². The van der Waals surface area contributed by atoms with E-state index in [1.807, 2.05) is 42.5 Å². The van der Waals surface area contributed by atoms with Crippen molar-refractivity contribution >= 4 is 88.5 Å². The Hall–Kier alpha value is -7.11. The minimum atomic E-state index is -0.706. The molecule has 0 aliphatic heterocycles. The summed E-state index contributed by atoms with van der Waals surface area (Å²) in [6.45, 7) is 0. The smallest absolute Gasteiger partial charge is 0.164 e. The van der Waals surface area contributed by atoms with Gasteiger partial charge in [0.05, 0.1) is 5.41 Å². The Balaban J connectivity index is 1.20. The van der Waals surface area contributed by atoms with E-state index in [2.05, 4.69) is 115 Å².